The van der Waals surface area contributed by atoms with E-state index in [1.54, 1.807) is 18.3 Å². The minimum atomic E-state index is 0.0629. The third kappa shape index (κ3) is 5.56. The number of hydrogen-bond acceptors (Lipinski definition) is 9. The van der Waals surface area contributed by atoms with Crippen LogP contribution < -0.4 is 25.4 Å². The Morgan fingerprint density at radius 3 is 2.58 bits per heavy atom. The fourth-order valence-electron chi connectivity index (χ4n) is 4.61. The predicted octanol–water partition coefficient (Wildman–Crippen LogP) is 6.23. The average molecular weight is 583 g/mol. The van der Waals surface area contributed by atoms with E-state index in [2.05, 4.69) is 20.9 Å². The van der Waals surface area contributed by atoms with Crippen molar-refractivity contribution in [3.63, 3.8) is 0 Å². The molecular weight excluding hydrogens is 555 g/mol. The molecule has 2 aromatic carbocycles. The molecular formula is C28H28Cl2N6O4. The largest absolute Gasteiger partial charge is 0.495 e. The van der Waals surface area contributed by atoms with Crippen LogP contribution in [0.3, 0.4) is 0 Å². The normalized spacial score (nSPS) is 14.7. The van der Waals surface area contributed by atoms with Crippen molar-refractivity contribution in [3.05, 3.63) is 52.1 Å². The maximum Gasteiger partial charge on any atom is 0.227 e. The maximum absolute atomic E-state index is 11.1. The second kappa shape index (κ2) is 12.1. The number of ether oxygens (including phenoxy) is 3. The van der Waals surface area contributed by atoms with E-state index in [-0.39, 0.29) is 6.10 Å². The number of methoxy groups -OCH3 is 2. The van der Waals surface area contributed by atoms with Gasteiger partial charge < -0.3 is 30.2 Å². The first-order valence-corrected chi connectivity index (χ1v) is 13.4. The van der Waals surface area contributed by atoms with Crippen molar-refractivity contribution in [2.75, 3.05) is 43.3 Å². The van der Waals surface area contributed by atoms with E-state index < -0.39 is 0 Å². The number of carbonyl (C=O) groups is 1. The number of aryl methyl sites for hydroxylation is 1. The lowest BCUT2D eigenvalue weighted by Crippen LogP contribution is -2.19. The summed E-state index contributed by atoms with van der Waals surface area (Å²) in [6, 6.07) is 9.03. The lowest BCUT2D eigenvalue weighted by atomic mass is 10.1. The molecule has 40 heavy (non-hydrogen) atoms. The number of benzene rings is 2. The fraction of sp³-hybridized carbons (Fsp3) is 0.286. The highest BCUT2D eigenvalue weighted by atomic mass is 35.5. The number of hydrogen-bond donors (Lipinski definition) is 3. The number of anilines is 4. The van der Waals surface area contributed by atoms with Gasteiger partial charge in [0.2, 0.25) is 12.4 Å². The summed E-state index contributed by atoms with van der Waals surface area (Å²) in [7, 11) is 3.04. The molecule has 1 fully saturated rings. The van der Waals surface area contributed by atoms with Crippen LogP contribution >= 0.6 is 23.2 Å². The molecule has 1 atom stereocenters. The van der Waals surface area contributed by atoms with E-state index in [1.165, 1.54) is 14.2 Å². The average Bonchev–Trinajstić information content (AvgIpc) is 3.48. The predicted molar refractivity (Wildman–Crippen MR) is 158 cm³/mol. The molecule has 4 aromatic rings. The maximum atomic E-state index is 11.1. The van der Waals surface area contributed by atoms with Crippen molar-refractivity contribution >= 4 is 63.7 Å². The molecule has 10 nitrogen and oxygen atoms in total. The summed E-state index contributed by atoms with van der Waals surface area (Å²) in [4.78, 5) is 25.4. The van der Waals surface area contributed by atoms with Crippen molar-refractivity contribution < 1.29 is 19.0 Å². The van der Waals surface area contributed by atoms with Crippen LogP contribution in [0.15, 0.2) is 36.5 Å². The van der Waals surface area contributed by atoms with Gasteiger partial charge in [0.25, 0.3) is 0 Å². The fourth-order valence-corrected chi connectivity index (χ4v) is 5.30. The second-order valence-electron chi connectivity index (χ2n) is 9.17. The van der Waals surface area contributed by atoms with E-state index in [0.717, 1.165) is 25.0 Å². The van der Waals surface area contributed by atoms with Gasteiger partial charge in [-0.25, -0.2) is 15.0 Å². The van der Waals surface area contributed by atoms with Crippen molar-refractivity contribution in [2.45, 2.75) is 25.9 Å². The van der Waals surface area contributed by atoms with Gasteiger partial charge in [-0.2, -0.15) is 0 Å². The third-order valence-electron chi connectivity index (χ3n) is 6.64. The van der Waals surface area contributed by atoms with E-state index >= 15 is 0 Å². The summed E-state index contributed by atoms with van der Waals surface area (Å²) in [5, 5.41) is 10.7. The molecule has 3 N–H and O–H groups in total. The number of nitrogens with zero attached hydrogens (tertiary/aromatic N) is 3. The number of carbonyl (C=O) groups excluding carboxylic acids is 1. The molecule has 0 aliphatic carbocycles. The van der Waals surface area contributed by atoms with Gasteiger partial charge in [0, 0.05) is 36.4 Å². The Labute approximate surface area is 241 Å². The molecule has 12 heteroatoms. The van der Waals surface area contributed by atoms with Crippen molar-refractivity contribution in [3.8, 4) is 22.8 Å². The van der Waals surface area contributed by atoms with Crippen LogP contribution in [0.5, 0.6) is 11.5 Å². The molecule has 5 rings (SSSR count). The molecule has 2 aromatic heterocycles. The molecule has 1 amide bonds. The van der Waals surface area contributed by atoms with Gasteiger partial charge in [0.15, 0.2) is 5.82 Å². The third-order valence-corrected chi connectivity index (χ3v) is 7.39. The Bertz CT molecular complexity index is 1530. The Balaban J connectivity index is 1.62. The molecule has 0 bridgehead atoms. The van der Waals surface area contributed by atoms with Crippen LogP contribution in [0.4, 0.5) is 23.1 Å². The number of para-hydroxylation sites is 1. The number of amides is 1. The Morgan fingerprint density at radius 2 is 1.90 bits per heavy atom. The number of rotatable bonds is 10. The summed E-state index contributed by atoms with van der Waals surface area (Å²) >= 11 is 13.4. The molecule has 1 aliphatic heterocycles. The first-order valence-electron chi connectivity index (χ1n) is 12.6. The summed E-state index contributed by atoms with van der Waals surface area (Å²) in [5.74, 6) is 1.66. The quantitative estimate of drug-likeness (QED) is 0.187. The molecule has 0 saturated carbocycles. The summed E-state index contributed by atoms with van der Waals surface area (Å²) in [5.41, 5.74) is 3.76. The van der Waals surface area contributed by atoms with Gasteiger partial charge >= 0.3 is 0 Å². The van der Waals surface area contributed by atoms with Gasteiger partial charge in [0.1, 0.15) is 17.0 Å². The number of halogens is 2. The Hall–Kier alpha value is -3.86. The molecule has 208 valence electrons. The van der Waals surface area contributed by atoms with Crippen molar-refractivity contribution in [1.82, 2.24) is 15.0 Å². The van der Waals surface area contributed by atoms with E-state index in [1.807, 2.05) is 25.1 Å². The van der Waals surface area contributed by atoms with Gasteiger partial charge in [-0.3, -0.25) is 4.79 Å². The highest BCUT2D eigenvalue weighted by molar-refractivity contribution is 6.41. The van der Waals surface area contributed by atoms with Crippen LogP contribution in [0.25, 0.3) is 22.2 Å². The van der Waals surface area contributed by atoms with E-state index in [0.29, 0.717) is 79.8 Å². The first kappa shape index (κ1) is 27.7. The first-order chi connectivity index (χ1) is 19.4. The molecule has 3 heterocycles. The molecule has 0 radical (unpaired) electrons. The van der Waals surface area contributed by atoms with Crippen LogP contribution in [-0.2, 0) is 9.53 Å². The topological polar surface area (TPSA) is 120 Å². The standard InChI is InChI=1S/C28H28Cl2N6O4/c1-15-6-4-8-18(33-14-37)25(15)35-28-32-12-16-10-19(22-23(29)20(38-2)11-21(39-3)24(22)30)34-27(26(16)36-28)31-13-17-7-5-9-40-17/h4,6,8,10-12,14,17H,5,7,9,13H2,1-3H3,(H,31,34)(H,33,37)(H,32,35,36). The second-order valence-corrected chi connectivity index (χ2v) is 9.93. The van der Waals surface area contributed by atoms with Crippen LogP contribution in [0.1, 0.15) is 18.4 Å². The summed E-state index contributed by atoms with van der Waals surface area (Å²) in [6.07, 6.45) is 4.35. The van der Waals surface area contributed by atoms with Crippen molar-refractivity contribution in [2.24, 2.45) is 0 Å². The number of fused-ring (bicyclic) bond motifs is 1. The van der Waals surface area contributed by atoms with Crippen molar-refractivity contribution in [1.29, 1.82) is 0 Å². The van der Waals surface area contributed by atoms with Gasteiger partial charge in [0.05, 0.1) is 47.4 Å². The molecule has 0 spiro atoms. The number of pyridine rings is 1. The molecule has 1 saturated heterocycles. The van der Waals surface area contributed by atoms with Crippen LogP contribution in [-0.4, -0.2) is 54.8 Å². The lowest BCUT2D eigenvalue weighted by molar-refractivity contribution is -0.105. The minimum Gasteiger partial charge on any atom is -0.495 e. The Morgan fingerprint density at radius 1 is 1.12 bits per heavy atom. The van der Waals surface area contributed by atoms with Crippen LogP contribution in [0.2, 0.25) is 10.0 Å². The number of nitrogens with one attached hydrogen (secondary N) is 3. The van der Waals surface area contributed by atoms with Gasteiger partial charge in [-0.1, -0.05) is 35.3 Å². The van der Waals surface area contributed by atoms with Gasteiger partial charge in [-0.15, -0.1) is 0 Å². The molecule has 1 unspecified atom stereocenters. The van der Waals surface area contributed by atoms with E-state index in [9.17, 15) is 4.79 Å². The highest BCUT2D eigenvalue weighted by Crippen LogP contribution is 2.46. The van der Waals surface area contributed by atoms with Gasteiger partial charge in [-0.05, 0) is 37.5 Å². The number of aromatic nitrogens is 3. The zero-order chi connectivity index (χ0) is 28.2. The monoisotopic (exact) mass is 582 g/mol. The lowest BCUT2D eigenvalue weighted by Gasteiger charge is -2.18. The smallest absolute Gasteiger partial charge is 0.227 e. The zero-order valence-corrected chi connectivity index (χ0v) is 23.7. The van der Waals surface area contributed by atoms with E-state index in [4.69, 9.17) is 47.4 Å². The molecule has 1 aliphatic rings. The SMILES string of the molecule is COc1cc(OC)c(Cl)c(-c2cc3cnc(Nc4c(C)cccc4NC=O)nc3c(NCC3CCCO3)n2)c1Cl. The zero-order valence-electron chi connectivity index (χ0n) is 22.2. The summed E-state index contributed by atoms with van der Waals surface area (Å²) in [6.45, 7) is 3.21. The van der Waals surface area contributed by atoms with Crippen LogP contribution in [0, 0.1) is 6.92 Å². The highest BCUT2D eigenvalue weighted by Gasteiger charge is 2.23. The Kier molecular flexibility index (Phi) is 8.39. The summed E-state index contributed by atoms with van der Waals surface area (Å²) < 4.78 is 16.7. The minimum absolute atomic E-state index is 0.0629.